The molecule has 26 heavy (non-hydrogen) atoms. The van der Waals surface area contributed by atoms with Gasteiger partial charge >= 0.3 is 6.03 Å². The molecule has 0 aliphatic carbocycles. The van der Waals surface area contributed by atoms with Gasteiger partial charge < -0.3 is 15.5 Å². The first-order valence-corrected chi connectivity index (χ1v) is 9.14. The predicted molar refractivity (Wildman–Crippen MR) is 103 cm³/mol. The highest BCUT2D eigenvalue weighted by Crippen LogP contribution is 2.22. The molecule has 0 spiro atoms. The molecule has 0 aromatic heterocycles. The Labute approximate surface area is 161 Å². The molecular weight excluding hydrogens is 356 g/mol. The van der Waals surface area contributed by atoms with Crippen LogP contribution in [-0.2, 0) is 9.59 Å². The monoisotopic (exact) mass is 386 g/mol. The fraction of sp³-hybridized carbons (Fsp3) is 0.722. The minimum Gasteiger partial charge on any atom is -0.350 e. The number of carbonyl (C=O) groups is 3. The van der Waals surface area contributed by atoms with Gasteiger partial charge in [-0.05, 0) is 32.6 Å². The number of carbonyl (C=O) groups excluding carboxylic acids is 3. The summed E-state index contributed by atoms with van der Waals surface area (Å²) in [4.78, 5) is 38.8. The number of rotatable bonds is 8. The van der Waals surface area contributed by atoms with Crippen molar-refractivity contribution in [2.45, 2.75) is 46.1 Å². The third-order valence-electron chi connectivity index (χ3n) is 4.76. The van der Waals surface area contributed by atoms with E-state index in [4.69, 9.17) is 0 Å². The molecule has 0 bridgehead atoms. The Bertz CT molecular complexity index is 533. The lowest BCUT2D eigenvalue weighted by atomic mass is 9.98. The summed E-state index contributed by atoms with van der Waals surface area (Å²) in [6, 6.07) is -0.403. The van der Waals surface area contributed by atoms with Crippen molar-refractivity contribution in [3.63, 3.8) is 0 Å². The van der Waals surface area contributed by atoms with Gasteiger partial charge in [-0.2, -0.15) is 0 Å². The predicted octanol–water partition coefficient (Wildman–Crippen LogP) is 1.53. The third kappa shape index (κ3) is 6.29. The second kappa shape index (κ2) is 10.5. The normalized spacial score (nSPS) is 22.8. The molecular formula is C18H31ClN4O3. The summed E-state index contributed by atoms with van der Waals surface area (Å²) in [6.45, 7) is 8.93. The lowest BCUT2D eigenvalue weighted by Gasteiger charge is -2.21. The average Bonchev–Trinajstić information content (AvgIpc) is 3.05. The van der Waals surface area contributed by atoms with Gasteiger partial charge in [-0.15, -0.1) is 12.4 Å². The summed E-state index contributed by atoms with van der Waals surface area (Å²) < 4.78 is 0. The fourth-order valence-corrected chi connectivity index (χ4v) is 3.52. The minimum atomic E-state index is -0.486. The van der Waals surface area contributed by atoms with Crippen LogP contribution in [0.2, 0.25) is 0 Å². The number of allylic oxidation sites excluding steroid dienone is 1. The maximum Gasteiger partial charge on any atom is 0.325 e. The van der Waals surface area contributed by atoms with Crippen LogP contribution in [0, 0.1) is 5.92 Å². The Kier molecular flexibility index (Phi) is 9.08. The van der Waals surface area contributed by atoms with Gasteiger partial charge in [-0.3, -0.25) is 14.5 Å². The number of hydrogen-bond acceptors (Lipinski definition) is 4. The largest absolute Gasteiger partial charge is 0.350 e. The van der Waals surface area contributed by atoms with E-state index in [0.29, 0.717) is 5.92 Å². The highest BCUT2D eigenvalue weighted by Gasteiger charge is 2.35. The summed E-state index contributed by atoms with van der Waals surface area (Å²) in [5.74, 6) is -0.188. The summed E-state index contributed by atoms with van der Waals surface area (Å²) in [7, 11) is 0. The van der Waals surface area contributed by atoms with Gasteiger partial charge in [0.1, 0.15) is 6.54 Å². The Hall–Kier alpha value is -1.60. The number of nitrogens with one attached hydrogen (secondary N) is 2. The lowest BCUT2D eigenvalue weighted by molar-refractivity contribution is -0.131. The molecule has 148 valence electrons. The molecule has 4 amide bonds. The van der Waals surface area contributed by atoms with Crippen molar-refractivity contribution >= 4 is 30.3 Å². The van der Waals surface area contributed by atoms with Crippen molar-refractivity contribution in [2.75, 3.05) is 32.7 Å². The molecule has 2 heterocycles. The van der Waals surface area contributed by atoms with Crippen LogP contribution >= 0.6 is 12.4 Å². The van der Waals surface area contributed by atoms with Crippen LogP contribution in [0.1, 0.15) is 40.0 Å². The fourth-order valence-electron chi connectivity index (χ4n) is 3.52. The standard InChI is InChI=1S/C18H30N4O3.ClH/c1-4-6-14-10-21(8-5-7-13(2)3)11-15(14)20-16(23)12-22-17(24)9-19-18(22)25;/h7,14-15H,4-6,8-12H2,1-3H3,(H,19,25)(H,20,23);1H/t14-,15-;/m0./s1. The van der Waals surface area contributed by atoms with Gasteiger partial charge in [0.25, 0.3) is 5.91 Å². The molecule has 2 N–H and O–H groups in total. The smallest absolute Gasteiger partial charge is 0.325 e. The van der Waals surface area contributed by atoms with Crippen molar-refractivity contribution in [3.05, 3.63) is 11.6 Å². The van der Waals surface area contributed by atoms with Crippen molar-refractivity contribution < 1.29 is 14.4 Å². The molecule has 2 fully saturated rings. The Balaban J connectivity index is 0.00000338. The number of imide groups is 1. The summed E-state index contributed by atoms with van der Waals surface area (Å²) in [5.41, 5.74) is 1.32. The van der Waals surface area contributed by atoms with E-state index in [9.17, 15) is 14.4 Å². The van der Waals surface area contributed by atoms with Crippen molar-refractivity contribution in [3.8, 4) is 0 Å². The number of halogens is 1. The van der Waals surface area contributed by atoms with E-state index in [1.54, 1.807) is 0 Å². The molecule has 0 unspecified atom stereocenters. The van der Waals surface area contributed by atoms with Gasteiger partial charge in [-0.25, -0.2) is 4.79 Å². The van der Waals surface area contributed by atoms with Crippen molar-refractivity contribution in [1.29, 1.82) is 0 Å². The first-order valence-electron chi connectivity index (χ1n) is 9.14. The van der Waals surface area contributed by atoms with Gasteiger partial charge in [0.2, 0.25) is 5.91 Å². The second-order valence-corrected chi connectivity index (χ2v) is 7.19. The highest BCUT2D eigenvalue weighted by molar-refractivity contribution is 6.04. The molecule has 2 rings (SSSR count). The number of urea groups is 1. The van der Waals surface area contributed by atoms with Gasteiger partial charge in [0.05, 0.1) is 6.54 Å². The van der Waals surface area contributed by atoms with Crippen LogP contribution in [0.25, 0.3) is 0 Å². The first kappa shape index (κ1) is 22.4. The zero-order chi connectivity index (χ0) is 18.4. The van der Waals surface area contributed by atoms with Crippen LogP contribution < -0.4 is 10.6 Å². The lowest BCUT2D eigenvalue weighted by Crippen LogP contribution is -2.47. The molecule has 0 saturated carbocycles. The maximum atomic E-state index is 12.3. The molecule has 2 atom stereocenters. The molecule has 2 saturated heterocycles. The zero-order valence-electron chi connectivity index (χ0n) is 15.9. The molecule has 0 radical (unpaired) electrons. The van der Waals surface area contributed by atoms with E-state index < -0.39 is 6.03 Å². The molecule has 7 nitrogen and oxygen atoms in total. The Morgan fingerprint density at radius 1 is 1.31 bits per heavy atom. The van der Waals surface area contributed by atoms with Crippen molar-refractivity contribution in [1.82, 2.24) is 20.4 Å². The topological polar surface area (TPSA) is 81.8 Å². The molecule has 8 heteroatoms. The zero-order valence-corrected chi connectivity index (χ0v) is 16.7. The summed E-state index contributed by atoms with van der Waals surface area (Å²) in [5, 5.41) is 5.47. The number of nitrogens with zero attached hydrogens (tertiary/aromatic N) is 2. The minimum absolute atomic E-state index is 0. The van der Waals surface area contributed by atoms with Crippen LogP contribution in [0.15, 0.2) is 11.6 Å². The van der Waals surface area contributed by atoms with Gasteiger partial charge in [0.15, 0.2) is 0 Å². The van der Waals surface area contributed by atoms with E-state index in [2.05, 4.69) is 42.4 Å². The van der Waals surface area contributed by atoms with E-state index in [-0.39, 0.29) is 43.4 Å². The molecule has 2 aliphatic heterocycles. The quantitative estimate of drug-likeness (QED) is 0.489. The second-order valence-electron chi connectivity index (χ2n) is 7.19. The van der Waals surface area contributed by atoms with E-state index in [0.717, 1.165) is 43.8 Å². The Morgan fingerprint density at radius 2 is 2.04 bits per heavy atom. The molecule has 0 aromatic rings. The average molecular weight is 387 g/mol. The summed E-state index contributed by atoms with van der Waals surface area (Å²) in [6.07, 6.45) is 5.39. The molecule has 0 aromatic carbocycles. The first-order chi connectivity index (χ1) is 11.9. The van der Waals surface area contributed by atoms with Gasteiger partial charge in [-0.1, -0.05) is 25.0 Å². The number of amides is 4. The van der Waals surface area contributed by atoms with E-state index in [1.807, 2.05) is 0 Å². The van der Waals surface area contributed by atoms with E-state index >= 15 is 0 Å². The maximum absolute atomic E-state index is 12.3. The SMILES string of the molecule is CCC[C@H]1CN(CCC=C(C)C)C[C@@H]1NC(=O)CN1C(=O)CNC1=O.Cl. The van der Waals surface area contributed by atoms with Crippen LogP contribution in [0.3, 0.4) is 0 Å². The number of hydrogen-bond donors (Lipinski definition) is 2. The van der Waals surface area contributed by atoms with Crippen LogP contribution in [0.4, 0.5) is 4.79 Å². The highest BCUT2D eigenvalue weighted by atomic mass is 35.5. The van der Waals surface area contributed by atoms with Gasteiger partial charge in [0, 0.05) is 25.7 Å². The van der Waals surface area contributed by atoms with Crippen LogP contribution in [0.5, 0.6) is 0 Å². The Morgan fingerprint density at radius 3 is 2.62 bits per heavy atom. The summed E-state index contributed by atoms with van der Waals surface area (Å²) >= 11 is 0. The third-order valence-corrected chi connectivity index (χ3v) is 4.76. The molecule has 2 aliphatic rings. The van der Waals surface area contributed by atoms with Crippen molar-refractivity contribution in [2.24, 2.45) is 5.92 Å². The van der Waals surface area contributed by atoms with Crippen LogP contribution in [-0.4, -0.2) is 66.4 Å². The van der Waals surface area contributed by atoms with E-state index in [1.165, 1.54) is 5.57 Å². The number of likely N-dealkylation sites (tertiary alicyclic amines) is 1.